The number of aliphatic hydroxyl groups excluding tert-OH is 1. The van der Waals surface area contributed by atoms with Gasteiger partial charge in [0.2, 0.25) is 5.91 Å². The summed E-state index contributed by atoms with van der Waals surface area (Å²) in [6.45, 7) is 12.0. The van der Waals surface area contributed by atoms with Gasteiger partial charge in [-0.25, -0.2) is 4.79 Å². The normalized spacial score (nSPS) is 37.7. The first-order chi connectivity index (χ1) is 25.8. The number of likely N-dealkylation sites (N-methyl/N-ethyl adjacent to an activating group) is 1. The predicted octanol–water partition coefficient (Wildman–Crippen LogP) is 3.31. The lowest BCUT2D eigenvalue weighted by molar-refractivity contribution is -0.384. The van der Waals surface area contributed by atoms with Crippen molar-refractivity contribution in [3.8, 4) is 0 Å². The Labute approximate surface area is 321 Å². The fourth-order valence-corrected chi connectivity index (χ4v) is 7.89. The Bertz CT molecular complexity index is 1530. The van der Waals surface area contributed by atoms with Gasteiger partial charge in [0.1, 0.15) is 18.3 Å². The third-order valence-electron chi connectivity index (χ3n) is 11.1. The summed E-state index contributed by atoms with van der Waals surface area (Å²) in [7, 11) is 5.16. The predicted molar refractivity (Wildman–Crippen MR) is 194 cm³/mol. The maximum atomic E-state index is 14.1. The Kier molecular flexibility index (Phi) is 14.6. The van der Waals surface area contributed by atoms with Crippen LogP contribution in [-0.2, 0) is 54.0 Å². The number of rotatable bonds is 9. The minimum Gasteiger partial charge on any atom is -0.461 e. The number of fused-ring (bicyclic) bond motifs is 1. The molecule has 55 heavy (non-hydrogen) atoms. The number of carbonyl (C=O) groups excluding carboxylic acids is 4. The molecule has 0 saturated carbocycles. The third-order valence-corrected chi connectivity index (χ3v) is 11.1. The summed E-state index contributed by atoms with van der Waals surface area (Å²) < 4.78 is 42.1. The standard InChI is InChI=1S/C38H57N3O14/c1-11-27-32-31(53-37(46)54-32)22(5)34(44)39-19(2)18-38(7,49-10)33(55-36-29(43)26(40(8)9)16-20(3)50-36)21(4)30(23(6)35(45)51-27)52-28(42)17-24-12-14-25(15-13-24)41(47)48/h12-15,19-23,26-27,29-33,36,43H,11,16-18H2,1-10H3,(H,39,44)/t19-,20-,21+,22-,23-,26-,27-,29-,30+,31+,32-,33+,36+,38-/m1/s1. The van der Waals surface area contributed by atoms with E-state index in [4.69, 9.17) is 33.2 Å². The van der Waals surface area contributed by atoms with Crippen LogP contribution in [0.25, 0.3) is 0 Å². The van der Waals surface area contributed by atoms with Crippen molar-refractivity contribution in [2.75, 3.05) is 21.2 Å². The van der Waals surface area contributed by atoms with Gasteiger partial charge in [0.25, 0.3) is 5.69 Å². The zero-order chi connectivity index (χ0) is 40.9. The molecule has 0 radical (unpaired) electrons. The quantitative estimate of drug-likeness (QED) is 0.159. The van der Waals surface area contributed by atoms with Gasteiger partial charge < -0.3 is 48.5 Å². The van der Waals surface area contributed by atoms with Crippen molar-refractivity contribution in [2.45, 2.75) is 141 Å². The van der Waals surface area contributed by atoms with E-state index in [2.05, 4.69) is 5.32 Å². The Hall–Kier alpha value is -3.90. The van der Waals surface area contributed by atoms with E-state index < -0.39 is 101 Å². The molecule has 3 saturated heterocycles. The smallest absolute Gasteiger partial charge is 0.461 e. The van der Waals surface area contributed by atoms with Crippen molar-refractivity contribution < 1.29 is 62.4 Å². The second kappa shape index (κ2) is 18.4. The van der Waals surface area contributed by atoms with E-state index >= 15 is 0 Å². The zero-order valence-electron chi connectivity index (χ0n) is 33.3. The van der Waals surface area contributed by atoms with E-state index in [1.54, 1.807) is 34.6 Å². The maximum Gasteiger partial charge on any atom is 0.509 e. The lowest BCUT2D eigenvalue weighted by Crippen LogP contribution is -2.60. The lowest BCUT2D eigenvalue weighted by atomic mass is 9.78. The number of cyclic esters (lactones) is 1. The largest absolute Gasteiger partial charge is 0.509 e. The highest BCUT2D eigenvalue weighted by Crippen LogP contribution is 2.38. The molecule has 3 heterocycles. The number of methoxy groups -OCH3 is 1. The van der Waals surface area contributed by atoms with E-state index in [1.807, 2.05) is 25.9 Å². The molecule has 3 aliphatic heterocycles. The van der Waals surface area contributed by atoms with Crippen LogP contribution < -0.4 is 5.32 Å². The number of carbonyl (C=O) groups is 4. The van der Waals surface area contributed by atoms with E-state index in [9.17, 15) is 34.4 Å². The number of nitrogens with zero attached hydrogens (tertiary/aromatic N) is 2. The van der Waals surface area contributed by atoms with E-state index in [1.165, 1.54) is 38.3 Å². The van der Waals surface area contributed by atoms with Crippen LogP contribution in [-0.4, -0.2) is 127 Å². The highest BCUT2D eigenvalue weighted by Gasteiger charge is 2.52. The van der Waals surface area contributed by atoms with Crippen molar-refractivity contribution >= 4 is 29.7 Å². The number of aliphatic hydroxyl groups is 1. The first kappa shape index (κ1) is 43.8. The number of nitro groups is 1. The first-order valence-corrected chi connectivity index (χ1v) is 18.8. The monoisotopic (exact) mass is 779 g/mol. The fourth-order valence-electron chi connectivity index (χ4n) is 7.89. The summed E-state index contributed by atoms with van der Waals surface area (Å²) in [5, 5.41) is 25.7. The minimum atomic E-state index is -1.28. The van der Waals surface area contributed by atoms with Gasteiger partial charge >= 0.3 is 18.1 Å². The van der Waals surface area contributed by atoms with Gasteiger partial charge in [-0.1, -0.05) is 26.0 Å². The van der Waals surface area contributed by atoms with E-state index in [0.29, 0.717) is 12.0 Å². The van der Waals surface area contributed by atoms with Crippen LogP contribution in [0.5, 0.6) is 0 Å². The fraction of sp³-hybridized carbons (Fsp3) is 0.737. The van der Waals surface area contributed by atoms with Gasteiger partial charge in [0, 0.05) is 37.2 Å². The van der Waals surface area contributed by atoms with Crippen LogP contribution in [0, 0.1) is 27.9 Å². The summed E-state index contributed by atoms with van der Waals surface area (Å²) in [5.74, 6) is -4.90. The van der Waals surface area contributed by atoms with Crippen LogP contribution in [0.3, 0.4) is 0 Å². The molecule has 1 aromatic rings. The Morgan fingerprint density at radius 3 is 2.25 bits per heavy atom. The number of esters is 2. The molecule has 3 fully saturated rings. The van der Waals surface area contributed by atoms with Crippen molar-refractivity contribution in [1.82, 2.24) is 10.2 Å². The number of non-ortho nitro benzene ring substituents is 1. The average molecular weight is 780 g/mol. The van der Waals surface area contributed by atoms with Gasteiger partial charge in [-0.3, -0.25) is 24.5 Å². The molecule has 4 rings (SSSR count). The van der Waals surface area contributed by atoms with Gasteiger partial charge in [0.15, 0.2) is 18.5 Å². The molecule has 0 aromatic heterocycles. The van der Waals surface area contributed by atoms with Gasteiger partial charge in [-0.15, -0.1) is 0 Å². The number of nitro benzene ring substituents is 1. The molecule has 17 heteroatoms. The number of amides is 1. The lowest BCUT2D eigenvalue weighted by Gasteiger charge is -2.48. The van der Waals surface area contributed by atoms with Crippen molar-refractivity contribution in [1.29, 1.82) is 0 Å². The van der Waals surface area contributed by atoms with E-state index in [0.717, 1.165) is 0 Å². The number of ether oxygens (including phenoxy) is 7. The molecular formula is C38H57N3O14. The molecule has 1 amide bonds. The van der Waals surface area contributed by atoms with Crippen molar-refractivity contribution in [2.24, 2.45) is 17.8 Å². The van der Waals surface area contributed by atoms with Gasteiger partial charge in [-0.2, -0.15) is 0 Å². The molecule has 0 aliphatic carbocycles. The highest BCUT2D eigenvalue weighted by molar-refractivity contribution is 5.80. The Morgan fingerprint density at radius 1 is 1.04 bits per heavy atom. The number of hydrogen-bond acceptors (Lipinski definition) is 15. The topological polar surface area (TPSA) is 212 Å². The number of hydrogen-bond donors (Lipinski definition) is 2. The van der Waals surface area contributed by atoms with Crippen LogP contribution in [0.15, 0.2) is 24.3 Å². The molecule has 2 N–H and O–H groups in total. The summed E-state index contributed by atoms with van der Waals surface area (Å²) in [4.78, 5) is 66.5. The molecular weight excluding hydrogens is 722 g/mol. The SMILES string of the molecule is CC[C@H]1OC(=O)[C@H](C)[C@@H](OC(=O)Cc2ccc([N+](=O)[O-])cc2)[C@H](C)[C@H](O[C@@H]2O[C@H](C)C[C@@H](N(C)C)[C@H]2O)[C@](C)(OC)C[C@@H](C)NC(=O)[C@H](C)[C@@H]2OC(=O)O[C@@H]21. The summed E-state index contributed by atoms with van der Waals surface area (Å²) in [6, 6.07) is 4.55. The summed E-state index contributed by atoms with van der Waals surface area (Å²) in [5.41, 5.74) is -0.991. The summed E-state index contributed by atoms with van der Waals surface area (Å²) >= 11 is 0. The number of nitrogens with one attached hydrogen (secondary N) is 1. The second-order valence-corrected chi connectivity index (χ2v) is 15.5. The first-order valence-electron chi connectivity index (χ1n) is 18.8. The third kappa shape index (κ3) is 10.3. The molecule has 308 valence electrons. The maximum absolute atomic E-state index is 14.1. The zero-order valence-corrected chi connectivity index (χ0v) is 33.3. The van der Waals surface area contributed by atoms with E-state index in [-0.39, 0.29) is 37.1 Å². The molecule has 14 atom stereocenters. The van der Waals surface area contributed by atoms with Crippen LogP contribution in [0.2, 0.25) is 0 Å². The molecule has 3 aliphatic rings. The van der Waals surface area contributed by atoms with Crippen molar-refractivity contribution in [3.63, 3.8) is 0 Å². The van der Waals surface area contributed by atoms with Crippen LogP contribution in [0.1, 0.15) is 73.3 Å². The molecule has 0 spiro atoms. The van der Waals surface area contributed by atoms with Gasteiger partial charge in [0.05, 0.1) is 41.0 Å². The van der Waals surface area contributed by atoms with Crippen LogP contribution >= 0.6 is 0 Å². The number of benzene rings is 1. The average Bonchev–Trinajstić information content (AvgIpc) is 3.52. The van der Waals surface area contributed by atoms with Crippen LogP contribution in [0.4, 0.5) is 10.5 Å². The Balaban J connectivity index is 1.80. The second-order valence-electron chi connectivity index (χ2n) is 15.5. The molecule has 17 nitrogen and oxygen atoms in total. The molecule has 1 aromatic carbocycles. The minimum absolute atomic E-state index is 0.136. The van der Waals surface area contributed by atoms with Crippen molar-refractivity contribution in [3.05, 3.63) is 39.9 Å². The molecule has 0 unspecified atom stereocenters. The molecule has 0 bridgehead atoms. The highest BCUT2D eigenvalue weighted by atomic mass is 16.8. The summed E-state index contributed by atoms with van der Waals surface area (Å²) in [6.07, 6.45) is -8.50. The van der Waals surface area contributed by atoms with Gasteiger partial charge in [-0.05, 0) is 73.5 Å². The Morgan fingerprint density at radius 2 is 1.67 bits per heavy atom.